The first kappa shape index (κ1) is 26.5. The van der Waals surface area contributed by atoms with Crippen LogP contribution >= 0.6 is 0 Å². The summed E-state index contributed by atoms with van der Waals surface area (Å²) in [5.74, 6) is 3.33. The number of ketones is 1. The van der Waals surface area contributed by atoms with Crippen molar-refractivity contribution in [3.63, 3.8) is 0 Å². The zero-order valence-electron chi connectivity index (χ0n) is 25.4. The molecular formula is C36H47NO4. The first-order valence-corrected chi connectivity index (χ1v) is 16.5. The van der Waals surface area contributed by atoms with E-state index in [4.69, 9.17) is 9.47 Å². The Bertz CT molecular complexity index is 1310. The smallest absolute Gasteiger partial charge is 0.410 e. The lowest BCUT2D eigenvalue weighted by molar-refractivity contribution is -0.147. The zero-order chi connectivity index (χ0) is 28.4. The van der Waals surface area contributed by atoms with Crippen molar-refractivity contribution in [3.05, 3.63) is 47.5 Å². The van der Waals surface area contributed by atoms with Crippen LogP contribution in [0.15, 0.2) is 42.0 Å². The van der Waals surface area contributed by atoms with Gasteiger partial charge in [-0.05, 0) is 85.0 Å². The standard InChI is InChI=1S/C36H47NO4/c1-22-16-30-31(37(19-22)32(39)40-20-24-8-6-5-7-9-24)23(2)36(41-30)15-13-28-27-11-10-25-17-26(38)12-14-33(25,3)29(27)18-35(28)21-34(35,36)4/h5-10,22-23,27-31H,11-21H2,1-4H3/t22-,23+,27-,28-,29-,30+,31-,33-,34+,35+,36+/m0/s1. The number of nitrogens with zero attached hydrogens (tertiary/aromatic N) is 1. The molecule has 11 atom stereocenters. The lowest BCUT2D eigenvalue weighted by Gasteiger charge is -2.49. The predicted octanol–water partition coefficient (Wildman–Crippen LogP) is 7.34. The molecule has 2 heterocycles. The van der Waals surface area contributed by atoms with Gasteiger partial charge in [-0.1, -0.05) is 69.7 Å². The minimum atomic E-state index is -0.183. The van der Waals surface area contributed by atoms with Crippen molar-refractivity contribution in [1.82, 2.24) is 4.90 Å². The van der Waals surface area contributed by atoms with Crippen LogP contribution in [-0.2, 0) is 20.9 Å². The van der Waals surface area contributed by atoms with E-state index >= 15 is 0 Å². The number of allylic oxidation sites excluding steroid dienone is 2. The minimum Gasteiger partial charge on any atom is -0.445 e. The normalized spacial score (nSPS) is 49.4. The number of ether oxygens (including phenoxy) is 2. The molecule has 0 bridgehead atoms. The van der Waals surface area contributed by atoms with E-state index in [2.05, 4.69) is 38.7 Å². The maximum atomic E-state index is 13.6. The third kappa shape index (κ3) is 3.39. The molecule has 5 heteroatoms. The first-order chi connectivity index (χ1) is 19.6. The van der Waals surface area contributed by atoms with Crippen molar-refractivity contribution in [1.29, 1.82) is 0 Å². The molecule has 1 amide bonds. The summed E-state index contributed by atoms with van der Waals surface area (Å²) in [6.07, 6.45) is 12.0. The molecule has 0 aromatic heterocycles. The average molecular weight is 558 g/mol. The molecule has 0 N–H and O–H groups in total. The summed E-state index contributed by atoms with van der Waals surface area (Å²) in [5.41, 5.74) is 3.01. The van der Waals surface area contributed by atoms with Crippen LogP contribution in [0.25, 0.3) is 0 Å². The number of piperidine rings is 1. The second-order valence-electron chi connectivity index (χ2n) is 15.7. The highest BCUT2D eigenvalue weighted by molar-refractivity contribution is 5.82. The largest absolute Gasteiger partial charge is 0.445 e. The number of hydrogen-bond acceptors (Lipinski definition) is 4. The second kappa shape index (κ2) is 8.71. The van der Waals surface area contributed by atoms with Crippen LogP contribution in [0.2, 0.25) is 0 Å². The Kier molecular flexibility index (Phi) is 5.62. The highest BCUT2D eigenvalue weighted by Gasteiger charge is 2.84. The summed E-state index contributed by atoms with van der Waals surface area (Å²) in [6, 6.07) is 10.1. The monoisotopic (exact) mass is 557 g/mol. The number of rotatable bonds is 2. The van der Waals surface area contributed by atoms with Crippen LogP contribution in [0, 0.1) is 45.8 Å². The summed E-state index contributed by atoms with van der Waals surface area (Å²) in [7, 11) is 0. The quantitative estimate of drug-likeness (QED) is 0.357. The lowest BCUT2D eigenvalue weighted by atomic mass is 9.56. The van der Waals surface area contributed by atoms with Crippen LogP contribution in [0.1, 0.15) is 91.0 Å². The number of carbonyl (C=O) groups is 2. The van der Waals surface area contributed by atoms with Gasteiger partial charge in [-0.3, -0.25) is 4.79 Å². The molecule has 1 aromatic carbocycles. The molecule has 2 saturated heterocycles. The van der Waals surface area contributed by atoms with Crippen molar-refractivity contribution in [3.8, 4) is 0 Å². The summed E-state index contributed by atoms with van der Waals surface area (Å²) >= 11 is 0. The fraction of sp³-hybridized carbons (Fsp3) is 0.722. The topological polar surface area (TPSA) is 55.8 Å². The Labute approximate surface area is 245 Å². The van der Waals surface area contributed by atoms with Crippen LogP contribution in [0.3, 0.4) is 0 Å². The van der Waals surface area contributed by atoms with Gasteiger partial charge in [-0.25, -0.2) is 4.79 Å². The molecule has 5 nitrogen and oxygen atoms in total. The van der Waals surface area contributed by atoms with Gasteiger partial charge in [0.25, 0.3) is 0 Å². The molecule has 0 radical (unpaired) electrons. The fourth-order valence-electron chi connectivity index (χ4n) is 12.2. The highest BCUT2D eigenvalue weighted by Crippen LogP contribution is 2.87. The van der Waals surface area contributed by atoms with E-state index in [0.29, 0.717) is 36.1 Å². The Balaban J connectivity index is 1.06. The average Bonchev–Trinajstić information content (AvgIpc) is 3.30. The number of likely N-dealkylation sites (tertiary alicyclic amines) is 1. The van der Waals surface area contributed by atoms with Gasteiger partial charge >= 0.3 is 6.09 Å². The Morgan fingerprint density at radius 2 is 1.93 bits per heavy atom. The van der Waals surface area contributed by atoms with E-state index in [1.54, 1.807) is 0 Å². The van der Waals surface area contributed by atoms with E-state index in [0.717, 1.165) is 49.6 Å². The zero-order valence-corrected chi connectivity index (χ0v) is 25.4. The van der Waals surface area contributed by atoms with Crippen LogP contribution < -0.4 is 0 Å². The van der Waals surface area contributed by atoms with Gasteiger partial charge in [0.05, 0.1) is 17.7 Å². The maximum absolute atomic E-state index is 13.6. The molecular weight excluding hydrogens is 510 g/mol. The van der Waals surface area contributed by atoms with Crippen LogP contribution in [0.4, 0.5) is 4.79 Å². The lowest BCUT2D eigenvalue weighted by Crippen LogP contribution is -2.56. The molecule has 2 spiro atoms. The van der Waals surface area contributed by atoms with Gasteiger partial charge in [0, 0.05) is 30.7 Å². The molecule has 5 aliphatic carbocycles. The van der Waals surface area contributed by atoms with Gasteiger partial charge in [0.2, 0.25) is 0 Å². The Hall–Kier alpha value is -2.14. The van der Waals surface area contributed by atoms with Crippen LogP contribution in [-0.4, -0.2) is 41.1 Å². The van der Waals surface area contributed by atoms with Gasteiger partial charge in [0.1, 0.15) is 12.4 Å². The SMILES string of the molecule is C[C@H]1C[C@H]2O[C@]3(CC[C@H]4[C@@H]5CC=C6CC(=O)CC[C@]6(C)[C@H]5C[C@@]45C[C@]53C)[C@H](C)[C@@H]2N(C(=O)OCc2ccccc2)C1. The van der Waals surface area contributed by atoms with E-state index in [1.165, 1.54) is 31.3 Å². The number of carbonyl (C=O) groups excluding carboxylic acids is 2. The van der Waals surface area contributed by atoms with Crippen LogP contribution in [0.5, 0.6) is 0 Å². The Morgan fingerprint density at radius 3 is 2.73 bits per heavy atom. The van der Waals surface area contributed by atoms with Crippen molar-refractivity contribution in [2.75, 3.05) is 6.54 Å². The fourth-order valence-corrected chi connectivity index (χ4v) is 12.2. The van der Waals surface area contributed by atoms with E-state index < -0.39 is 0 Å². The molecule has 220 valence electrons. The predicted molar refractivity (Wildman–Crippen MR) is 157 cm³/mol. The summed E-state index contributed by atoms with van der Waals surface area (Å²) in [6.45, 7) is 10.8. The number of benzene rings is 1. The molecule has 6 fully saturated rings. The number of amides is 1. The first-order valence-electron chi connectivity index (χ1n) is 16.5. The van der Waals surface area contributed by atoms with E-state index in [-0.39, 0.29) is 40.6 Å². The highest BCUT2D eigenvalue weighted by atomic mass is 16.6. The summed E-state index contributed by atoms with van der Waals surface area (Å²) in [4.78, 5) is 28.0. The van der Waals surface area contributed by atoms with Gasteiger partial charge in [-0.15, -0.1) is 0 Å². The number of fused-ring (bicyclic) bond motifs is 6. The van der Waals surface area contributed by atoms with Crippen molar-refractivity contribution in [2.24, 2.45) is 45.8 Å². The second-order valence-corrected chi connectivity index (χ2v) is 15.7. The molecule has 41 heavy (non-hydrogen) atoms. The number of Topliss-reactive ketones (excluding diaryl/α,β-unsaturated/α-hetero) is 1. The van der Waals surface area contributed by atoms with Crippen molar-refractivity contribution >= 4 is 11.9 Å². The summed E-state index contributed by atoms with van der Waals surface area (Å²) < 4.78 is 13.3. The van der Waals surface area contributed by atoms with E-state index in [1.807, 2.05) is 30.3 Å². The van der Waals surface area contributed by atoms with Gasteiger partial charge in [0.15, 0.2) is 0 Å². The van der Waals surface area contributed by atoms with Gasteiger partial charge in [-0.2, -0.15) is 0 Å². The summed E-state index contributed by atoms with van der Waals surface area (Å²) in [5, 5.41) is 0. The molecule has 2 aliphatic heterocycles. The van der Waals surface area contributed by atoms with Crippen molar-refractivity contribution < 1.29 is 19.1 Å². The Morgan fingerprint density at radius 1 is 1.12 bits per heavy atom. The molecule has 8 rings (SSSR count). The van der Waals surface area contributed by atoms with Gasteiger partial charge < -0.3 is 14.4 Å². The minimum absolute atomic E-state index is 0.0827. The molecule has 4 saturated carbocycles. The number of hydrogen-bond donors (Lipinski definition) is 0. The third-order valence-electron chi connectivity index (χ3n) is 14.2. The third-order valence-corrected chi connectivity index (χ3v) is 14.2. The maximum Gasteiger partial charge on any atom is 0.410 e. The molecule has 0 unspecified atom stereocenters. The van der Waals surface area contributed by atoms with E-state index in [9.17, 15) is 9.59 Å². The molecule has 7 aliphatic rings. The van der Waals surface area contributed by atoms with Crippen molar-refractivity contribution in [2.45, 2.75) is 110 Å². The molecule has 1 aromatic rings.